The Morgan fingerprint density at radius 2 is 2.17 bits per heavy atom. The molecule has 1 aromatic carbocycles. The van der Waals surface area contributed by atoms with Crippen molar-refractivity contribution >= 4 is 11.6 Å². The van der Waals surface area contributed by atoms with Gasteiger partial charge in [-0.05, 0) is 46.4 Å². The maximum absolute atomic E-state index is 11.9. The maximum atomic E-state index is 11.9. The summed E-state index contributed by atoms with van der Waals surface area (Å²) in [5, 5.41) is 7.61. The van der Waals surface area contributed by atoms with Gasteiger partial charge in [-0.25, -0.2) is 4.79 Å². The van der Waals surface area contributed by atoms with Crippen LogP contribution in [0.3, 0.4) is 0 Å². The van der Waals surface area contributed by atoms with Crippen LogP contribution in [-0.4, -0.2) is 19.8 Å². The van der Waals surface area contributed by atoms with Gasteiger partial charge in [0.1, 0.15) is 0 Å². The summed E-state index contributed by atoms with van der Waals surface area (Å²) in [6.07, 6.45) is 2.39. The van der Waals surface area contributed by atoms with Crippen molar-refractivity contribution in [2.75, 3.05) is 0 Å². The smallest absolute Gasteiger partial charge is 0.244 e. The molecule has 0 atom stereocenters. The Morgan fingerprint density at radius 1 is 1.39 bits per heavy atom. The minimum absolute atomic E-state index is 0.255. The molecule has 0 unspecified atom stereocenters. The average Bonchev–Trinajstić information content (AvgIpc) is 3.17. The van der Waals surface area contributed by atoms with E-state index >= 15 is 0 Å². The van der Waals surface area contributed by atoms with Gasteiger partial charge in [0, 0.05) is 12.9 Å². The van der Waals surface area contributed by atoms with E-state index in [0.29, 0.717) is 11.8 Å². The van der Waals surface area contributed by atoms with Crippen molar-refractivity contribution < 1.29 is 0 Å². The van der Waals surface area contributed by atoms with E-state index in [2.05, 4.69) is 16.5 Å². The minimum atomic E-state index is -0.255. The zero-order valence-corrected chi connectivity index (χ0v) is 10.8. The molecule has 0 saturated heterocycles. The minimum Gasteiger partial charge on any atom is -0.244 e. The van der Waals surface area contributed by atoms with E-state index < -0.39 is 0 Å². The lowest BCUT2D eigenvalue weighted by atomic mass is 10.0. The van der Waals surface area contributed by atoms with Crippen LogP contribution in [0.25, 0.3) is 5.69 Å². The third-order valence-corrected chi connectivity index (χ3v) is 3.56. The van der Waals surface area contributed by atoms with E-state index in [1.807, 2.05) is 12.1 Å². The fourth-order valence-corrected chi connectivity index (χ4v) is 2.47. The van der Waals surface area contributed by atoms with E-state index in [1.165, 1.54) is 27.8 Å². The zero-order valence-electron chi connectivity index (χ0n) is 10.0. The third-order valence-electron chi connectivity index (χ3n) is 3.29. The predicted molar refractivity (Wildman–Crippen MR) is 68.1 cm³/mol. The van der Waals surface area contributed by atoms with Gasteiger partial charge in [-0.15, -0.1) is 11.6 Å². The first-order valence-electron chi connectivity index (χ1n) is 5.89. The fraction of sp³-hybridized carbons (Fsp3) is 0.417. The Hall–Kier alpha value is -1.62. The highest BCUT2D eigenvalue weighted by molar-refractivity contribution is 6.17. The molecule has 1 aliphatic carbocycles. The Balaban J connectivity index is 2.20. The van der Waals surface area contributed by atoms with Crippen LogP contribution in [0.1, 0.15) is 29.9 Å². The SMILES string of the molecule is Cn1nnn(-c2cccc(C3CC3)c2CCl)c1=O. The van der Waals surface area contributed by atoms with E-state index in [0.717, 1.165) is 11.3 Å². The van der Waals surface area contributed by atoms with Crippen LogP contribution in [0.2, 0.25) is 0 Å². The van der Waals surface area contributed by atoms with Crippen molar-refractivity contribution in [3.63, 3.8) is 0 Å². The maximum Gasteiger partial charge on any atom is 0.368 e. The third kappa shape index (κ3) is 1.75. The predicted octanol–water partition coefficient (Wildman–Crippen LogP) is 1.58. The molecule has 0 radical (unpaired) electrons. The average molecular weight is 265 g/mol. The molecule has 18 heavy (non-hydrogen) atoms. The zero-order chi connectivity index (χ0) is 12.7. The van der Waals surface area contributed by atoms with Crippen LogP contribution in [0, 0.1) is 0 Å². The molecule has 5 nitrogen and oxygen atoms in total. The van der Waals surface area contributed by atoms with Crippen LogP contribution in [0.5, 0.6) is 0 Å². The van der Waals surface area contributed by atoms with Gasteiger partial charge < -0.3 is 0 Å². The van der Waals surface area contributed by atoms with Crippen molar-refractivity contribution in [3.8, 4) is 5.69 Å². The van der Waals surface area contributed by atoms with E-state index in [-0.39, 0.29) is 5.69 Å². The summed E-state index contributed by atoms with van der Waals surface area (Å²) < 4.78 is 2.52. The summed E-state index contributed by atoms with van der Waals surface area (Å²) in [5.41, 5.74) is 2.71. The molecule has 0 bridgehead atoms. The van der Waals surface area contributed by atoms with Gasteiger partial charge in [-0.2, -0.15) is 9.36 Å². The van der Waals surface area contributed by atoms with Crippen LogP contribution in [0.4, 0.5) is 0 Å². The van der Waals surface area contributed by atoms with E-state index in [4.69, 9.17) is 11.6 Å². The first kappa shape index (κ1) is 11.5. The van der Waals surface area contributed by atoms with Gasteiger partial charge in [-0.1, -0.05) is 12.1 Å². The molecular weight excluding hydrogens is 252 g/mol. The summed E-state index contributed by atoms with van der Waals surface area (Å²) in [4.78, 5) is 11.9. The lowest BCUT2D eigenvalue weighted by Gasteiger charge is -2.10. The molecule has 0 aliphatic heterocycles. The molecule has 6 heteroatoms. The van der Waals surface area contributed by atoms with Gasteiger partial charge in [0.15, 0.2) is 0 Å². The summed E-state index contributed by atoms with van der Waals surface area (Å²) in [6.45, 7) is 0. The molecule has 1 aromatic heterocycles. The quantitative estimate of drug-likeness (QED) is 0.791. The van der Waals surface area contributed by atoms with Crippen molar-refractivity contribution in [1.29, 1.82) is 0 Å². The Morgan fingerprint density at radius 3 is 2.72 bits per heavy atom. The number of rotatable bonds is 3. The lowest BCUT2D eigenvalue weighted by molar-refractivity contribution is 0.692. The number of aromatic nitrogens is 4. The Bertz CT molecular complexity index is 642. The van der Waals surface area contributed by atoms with Gasteiger partial charge >= 0.3 is 5.69 Å². The van der Waals surface area contributed by atoms with Crippen LogP contribution in [0.15, 0.2) is 23.0 Å². The van der Waals surface area contributed by atoms with Gasteiger partial charge in [0.25, 0.3) is 0 Å². The molecule has 0 N–H and O–H groups in total. The van der Waals surface area contributed by atoms with Crippen molar-refractivity contribution in [3.05, 3.63) is 39.8 Å². The summed E-state index contributed by atoms with van der Waals surface area (Å²) in [6, 6.07) is 5.89. The number of benzene rings is 1. The standard InChI is InChI=1S/C12H13ClN4O/c1-16-12(18)17(15-14-16)11-4-2-3-9(8-5-6-8)10(11)7-13/h2-4,8H,5-7H2,1H3. The normalized spacial score (nSPS) is 15.0. The van der Waals surface area contributed by atoms with Crippen LogP contribution in [-0.2, 0) is 12.9 Å². The molecule has 1 saturated carbocycles. The molecule has 94 valence electrons. The Labute approximate surface area is 109 Å². The molecular formula is C12H13ClN4O. The molecule has 2 aromatic rings. The second kappa shape index (κ2) is 4.24. The number of aryl methyl sites for hydroxylation is 1. The largest absolute Gasteiger partial charge is 0.368 e. The molecule has 1 heterocycles. The lowest BCUT2D eigenvalue weighted by Crippen LogP contribution is -2.23. The van der Waals surface area contributed by atoms with Crippen LogP contribution >= 0.6 is 11.6 Å². The van der Waals surface area contributed by atoms with Gasteiger partial charge in [0.2, 0.25) is 0 Å². The topological polar surface area (TPSA) is 52.7 Å². The van der Waals surface area contributed by atoms with Gasteiger partial charge in [0.05, 0.1) is 5.69 Å². The second-order valence-corrected chi connectivity index (χ2v) is 4.82. The number of halogens is 1. The monoisotopic (exact) mass is 264 g/mol. The summed E-state index contributed by atoms with van der Waals surface area (Å²) in [7, 11) is 1.58. The van der Waals surface area contributed by atoms with E-state index in [1.54, 1.807) is 7.05 Å². The van der Waals surface area contributed by atoms with Crippen molar-refractivity contribution in [2.45, 2.75) is 24.6 Å². The summed E-state index contributed by atoms with van der Waals surface area (Å²) in [5.74, 6) is 0.969. The molecule has 0 spiro atoms. The number of hydrogen-bond acceptors (Lipinski definition) is 3. The number of tetrazole rings is 1. The fourth-order valence-electron chi connectivity index (χ4n) is 2.18. The summed E-state index contributed by atoms with van der Waals surface area (Å²) >= 11 is 6.05. The van der Waals surface area contributed by atoms with Gasteiger partial charge in [-0.3, -0.25) is 0 Å². The van der Waals surface area contributed by atoms with Crippen LogP contribution < -0.4 is 5.69 Å². The molecule has 1 fully saturated rings. The molecule has 3 rings (SSSR count). The second-order valence-electron chi connectivity index (χ2n) is 4.55. The number of nitrogens with zero attached hydrogens (tertiary/aromatic N) is 4. The first-order chi connectivity index (χ1) is 8.72. The Kier molecular flexibility index (Phi) is 2.70. The molecule has 0 amide bonds. The highest BCUT2D eigenvalue weighted by atomic mass is 35.5. The highest BCUT2D eigenvalue weighted by Crippen LogP contribution is 2.43. The molecule has 1 aliphatic rings. The number of alkyl halides is 1. The van der Waals surface area contributed by atoms with Crippen molar-refractivity contribution in [2.24, 2.45) is 7.05 Å². The first-order valence-corrected chi connectivity index (χ1v) is 6.43. The number of hydrogen-bond donors (Lipinski definition) is 0. The highest BCUT2D eigenvalue weighted by Gasteiger charge is 2.27. The van der Waals surface area contributed by atoms with Crippen molar-refractivity contribution in [1.82, 2.24) is 19.8 Å². The van der Waals surface area contributed by atoms with E-state index in [9.17, 15) is 4.79 Å².